The maximum atomic E-state index is 5.17. The molecule has 0 amide bonds. The number of hydrogen-bond acceptors (Lipinski definition) is 6. The number of halogens is 1. The SMILES string of the molecule is Cc1ccc2[nH]ncc2c1-c1nc(N2CCC3(CNC3)C2)nc2c1CCN2C.Cl. The molecule has 6 rings (SSSR count). The Hall–Kier alpha value is -2.38. The standard InChI is InChI=1S/C21H25N7.ClH/c1-13-3-4-16-15(9-23-26-16)17(13)18-14-5-7-27(2)19(14)25-20(24-18)28-8-6-21(12-28)10-22-11-21;/h3-4,9,22H,5-8,10-12H2,1-2H3,(H,23,26);1H. The van der Waals surface area contributed by atoms with Crippen molar-refractivity contribution in [2.24, 2.45) is 5.41 Å². The largest absolute Gasteiger partial charge is 0.359 e. The van der Waals surface area contributed by atoms with Crippen LogP contribution in [0.5, 0.6) is 0 Å². The molecule has 0 radical (unpaired) electrons. The molecule has 7 nitrogen and oxygen atoms in total. The zero-order valence-electron chi connectivity index (χ0n) is 16.8. The highest BCUT2D eigenvalue weighted by Gasteiger charge is 2.44. The number of fused-ring (bicyclic) bond motifs is 2. The molecule has 29 heavy (non-hydrogen) atoms. The van der Waals surface area contributed by atoms with E-state index >= 15 is 0 Å². The van der Waals surface area contributed by atoms with Gasteiger partial charge in [0.15, 0.2) is 0 Å². The van der Waals surface area contributed by atoms with Gasteiger partial charge in [0.1, 0.15) is 5.82 Å². The van der Waals surface area contributed by atoms with Crippen molar-refractivity contribution in [1.82, 2.24) is 25.5 Å². The first kappa shape index (κ1) is 18.6. The Morgan fingerprint density at radius 1 is 1.14 bits per heavy atom. The molecule has 0 atom stereocenters. The molecule has 0 saturated carbocycles. The highest BCUT2D eigenvalue weighted by molar-refractivity contribution is 5.97. The predicted molar refractivity (Wildman–Crippen MR) is 118 cm³/mol. The zero-order chi connectivity index (χ0) is 18.9. The Morgan fingerprint density at radius 2 is 2.00 bits per heavy atom. The number of anilines is 2. The van der Waals surface area contributed by atoms with Crippen molar-refractivity contribution in [3.8, 4) is 11.3 Å². The van der Waals surface area contributed by atoms with Gasteiger partial charge in [0.25, 0.3) is 0 Å². The fourth-order valence-corrected chi connectivity index (χ4v) is 5.05. The Balaban J connectivity index is 0.00000181. The second-order valence-electron chi connectivity index (χ2n) is 8.71. The first-order chi connectivity index (χ1) is 13.6. The summed E-state index contributed by atoms with van der Waals surface area (Å²) in [4.78, 5) is 14.9. The number of H-pyrrole nitrogens is 1. The van der Waals surface area contributed by atoms with Gasteiger partial charge in [-0.05, 0) is 31.4 Å². The predicted octanol–water partition coefficient (Wildman–Crippen LogP) is 2.54. The molecule has 2 saturated heterocycles. The van der Waals surface area contributed by atoms with Gasteiger partial charge in [-0.3, -0.25) is 5.10 Å². The van der Waals surface area contributed by atoms with Gasteiger partial charge in [0.2, 0.25) is 5.95 Å². The lowest BCUT2D eigenvalue weighted by Gasteiger charge is -2.39. The number of nitrogens with zero attached hydrogens (tertiary/aromatic N) is 5. The molecule has 8 heteroatoms. The van der Waals surface area contributed by atoms with E-state index < -0.39 is 0 Å². The summed E-state index contributed by atoms with van der Waals surface area (Å²) in [7, 11) is 2.14. The van der Waals surface area contributed by atoms with Gasteiger partial charge in [-0.25, -0.2) is 4.98 Å². The third kappa shape index (κ3) is 2.71. The van der Waals surface area contributed by atoms with E-state index in [0.717, 1.165) is 67.5 Å². The van der Waals surface area contributed by atoms with E-state index in [1.165, 1.54) is 23.1 Å². The Kier molecular flexibility index (Phi) is 4.22. The topological polar surface area (TPSA) is 73.0 Å². The molecule has 3 aliphatic rings. The van der Waals surface area contributed by atoms with Crippen molar-refractivity contribution in [2.45, 2.75) is 19.8 Å². The van der Waals surface area contributed by atoms with E-state index in [4.69, 9.17) is 9.97 Å². The molecule has 0 aliphatic carbocycles. The van der Waals surface area contributed by atoms with Crippen molar-refractivity contribution in [3.05, 3.63) is 29.5 Å². The molecule has 0 unspecified atom stereocenters. The summed E-state index contributed by atoms with van der Waals surface area (Å²) in [5, 5.41) is 12.0. The number of rotatable bonds is 2. The van der Waals surface area contributed by atoms with Gasteiger partial charge in [-0.1, -0.05) is 6.07 Å². The molecule has 0 bridgehead atoms. The van der Waals surface area contributed by atoms with E-state index in [9.17, 15) is 0 Å². The molecule has 2 N–H and O–H groups in total. The molecule has 2 fully saturated rings. The van der Waals surface area contributed by atoms with Crippen LogP contribution in [0.4, 0.5) is 11.8 Å². The van der Waals surface area contributed by atoms with Gasteiger partial charge in [-0.2, -0.15) is 10.1 Å². The van der Waals surface area contributed by atoms with Crippen LogP contribution >= 0.6 is 12.4 Å². The number of aromatic amines is 1. The molecule has 3 aliphatic heterocycles. The summed E-state index contributed by atoms with van der Waals surface area (Å²) in [6.07, 6.45) is 4.14. The molecule has 1 aromatic carbocycles. The Labute approximate surface area is 176 Å². The number of aromatic nitrogens is 4. The highest BCUT2D eigenvalue weighted by Crippen LogP contribution is 2.41. The fourth-order valence-electron chi connectivity index (χ4n) is 5.05. The third-order valence-electron chi connectivity index (χ3n) is 6.82. The van der Waals surface area contributed by atoms with E-state index in [0.29, 0.717) is 5.41 Å². The molecule has 5 heterocycles. The van der Waals surface area contributed by atoms with E-state index in [2.05, 4.69) is 51.4 Å². The normalized spacial score (nSPS) is 19.5. The van der Waals surface area contributed by atoms with E-state index in [1.54, 1.807) is 0 Å². The summed E-state index contributed by atoms with van der Waals surface area (Å²) in [5.74, 6) is 1.97. The van der Waals surface area contributed by atoms with Crippen molar-refractivity contribution >= 4 is 35.1 Å². The minimum atomic E-state index is 0. The summed E-state index contributed by atoms with van der Waals surface area (Å²) in [5.41, 5.74) is 6.26. The van der Waals surface area contributed by atoms with Crippen molar-refractivity contribution < 1.29 is 0 Å². The lowest BCUT2D eigenvalue weighted by Crippen LogP contribution is -2.54. The highest BCUT2D eigenvalue weighted by atomic mass is 35.5. The monoisotopic (exact) mass is 411 g/mol. The number of aryl methyl sites for hydroxylation is 1. The lowest BCUT2D eigenvalue weighted by atomic mass is 9.81. The maximum absolute atomic E-state index is 5.17. The number of nitrogens with one attached hydrogen (secondary N) is 2. The van der Waals surface area contributed by atoms with E-state index in [1.807, 2.05) is 6.20 Å². The second-order valence-corrected chi connectivity index (χ2v) is 8.71. The molecule has 3 aromatic rings. The average Bonchev–Trinajstić information content (AvgIpc) is 3.39. The van der Waals surface area contributed by atoms with Gasteiger partial charge in [0.05, 0.1) is 17.4 Å². The zero-order valence-corrected chi connectivity index (χ0v) is 17.6. The van der Waals surface area contributed by atoms with Crippen LogP contribution in [0, 0.1) is 12.3 Å². The number of benzene rings is 1. The van der Waals surface area contributed by atoms with Crippen LogP contribution in [0.3, 0.4) is 0 Å². The van der Waals surface area contributed by atoms with Crippen LogP contribution < -0.4 is 15.1 Å². The Morgan fingerprint density at radius 3 is 2.76 bits per heavy atom. The van der Waals surface area contributed by atoms with Gasteiger partial charge in [-0.15, -0.1) is 12.4 Å². The summed E-state index contributed by atoms with van der Waals surface area (Å²) in [6.45, 7) is 7.49. The van der Waals surface area contributed by atoms with Gasteiger partial charge >= 0.3 is 0 Å². The van der Waals surface area contributed by atoms with Crippen molar-refractivity contribution in [3.63, 3.8) is 0 Å². The molecular formula is C21H26ClN7. The maximum Gasteiger partial charge on any atom is 0.227 e. The third-order valence-corrected chi connectivity index (χ3v) is 6.82. The minimum Gasteiger partial charge on any atom is -0.359 e. The smallest absolute Gasteiger partial charge is 0.227 e. The lowest BCUT2D eigenvalue weighted by molar-refractivity contribution is 0.199. The quantitative estimate of drug-likeness (QED) is 0.675. The van der Waals surface area contributed by atoms with Crippen molar-refractivity contribution in [1.29, 1.82) is 0 Å². The van der Waals surface area contributed by atoms with E-state index in [-0.39, 0.29) is 12.4 Å². The summed E-state index contributed by atoms with van der Waals surface area (Å²) >= 11 is 0. The minimum absolute atomic E-state index is 0. The van der Waals surface area contributed by atoms with Crippen LogP contribution in [0.15, 0.2) is 18.3 Å². The molecule has 2 aromatic heterocycles. The van der Waals surface area contributed by atoms with Crippen LogP contribution in [0.2, 0.25) is 0 Å². The first-order valence-electron chi connectivity index (χ1n) is 10.1. The average molecular weight is 412 g/mol. The van der Waals surface area contributed by atoms with Crippen LogP contribution in [0.25, 0.3) is 22.2 Å². The van der Waals surface area contributed by atoms with Crippen LogP contribution in [0.1, 0.15) is 17.5 Å². The molecular weight excluding hydrogens is 386 g/mol. The van der Waals surface area contributed by atoms with Gasteiger partial charge in [0, 0.05) is 61.7 Å². The number of hydrogen-bond donors (Lipinski definition) is 2. The molecule has 152 valence electrons. The van der Waals surface area contributed by atoms with Crippen molar-refractivity contribution in [2.75, 3.05) is 49.6 Å². The summed E-state index contributed by atoms with van der Waals surface area (Å²) in [6, 6.07) is 4.26. The Bertz CT molecular complexity index is 1090. The fraction of sp³-hybridized carbons (Fsp3) is 0.476. The molecule has 1 spiro atoms. The summed E-state index contributed by atoms with van der Waals surface area (Å²) < 4.78 is 0. The van der Waals surface area contributed by atoms with Gasteiger partial charge < -0.3 is 15.1 Å². The number of likely N-dealkylation sites (N-methyl/N-ethyl adjacent to an activating group) is 1. The van der Waals surface area contributed by atoms with Crippen LogP contribution in [-0.2, 0) is 6.42 Å². The first-order valence-corrected chi connectivity index (χ1v) is 10.1. The van der Waals surface area contributed by atoms with Crippen LogP contribution in [-0.4, -0.2) is 59.9 Å². The second kappa shape index (κ2) is 6.57.